The summed E-state index contributed by atoms with van der Waals surface area (Å²) in [5, 5.41) is 0. The molecule has 2 N–H and O–H groups in total. The van der Waals surface area contributed by atoms with E-state index in [0.29, 0.717) is 0 Å². The van der Waals surface area contributed by atoms with Crippen molar-refractivity contribution in [1.29, 1.82) is 0 Å². The molecular weight excluding hydrogens is 168 g/mol. The molecule has 0 saturated carbocycles. The third-order valence-electron chi connectivity index (χ3n) is 1.37. The van der Waals surface area contributed by atoms with E-state index < -0.39 is 0 Å². The minimum Gasteiger partial charge on any atom is -0.325 e. The maximum Gasteiger partial charge on any atom is 0.0188 e. The molecule has 0 aromatic heterocycles. The highest BCUT2D eigenvalue weighted by Gasteiger charge is 2.09. The number of rotatable bonds is 6. The largest absolute Gasteiger partial charge is 0.325 e. The van der Waals surface area contributed by atoms with Crippen LogP contribution in [0.15, 0.2) is 0 Å². The van der Waals surface area contributed by atoms with Crippen molar-refractivity contribution < 1.29 is 0 Å². The van der Waals surface area contributed by atoms with E-state index >= 15 is 0 Å². The van der Waals surface area contributed by atoms with Gasteiger partial charge in [0.1, 0.15) is 0 Å². The van der Waals surface area contributed by atoms with Crippen LogP contribution in [0.1, 0.15) is 20.3 Å². The highest BCUT2D eigenvalue weighted by molar-refractivity contribution is 7.99. The fourth-order valence-corrected chi connectivity index (χ4v) is 1.82. The van der Waals surface area contributed by atoms with Crippen LogP contribution in [-0.2, 0) is 0 Å². The van der Waals surface area contributed by atoms with Gasteiger partial charge in [-0.3, -0.25) is 0 Å². The average Bonchev–Trinajstić information content (AvgIpc) is 1.83. The fraction of sp³-hybridized carbons (Fsp3) is 1.00. The molecule has 0 aliphatic rings. The van der Waals surface area contributed by atoms with Crippen LogP contribution < -0.4 is 5.73 Å². The molecule has 12 heavy (non-hydrogen) atoms. The topological polar surface area (TPSA) is 29.3 Å². The number of hydrogen-bond donors (Lipinski definition) is 1. The quantitative estimate of drug-likeness (QED) is 0.642. The summed E-state index contributed by atoms with van der Waals surface area (Å²) in [4.78, 5) is 2.22. The van der Waals surface area contributed by atoms with Crippen molar-refractivity contribution in [2.75, 3.05) is 32.1 Å². The standard InChI is InChI=1S/C9H22N2S/c1-9(2,10)8-12-7-5-6-11(3)4/h5-8,10H2,1-4H3. The lowest BCUT2D eigenvalue weighted by Crippen LogP contribution is -2.34. The third kappa shape index (κ3) is 10.3. The molecule has 0 saturated heterocycles. The maximum absolute atomic E-state index is 5.85. The number of hydrogen-bond acceptors (Lipinski definition) is 3. The Balaban J connectivity index is 3.12. The second kappa shape index (κ2) is 5.84. The SMILES string of the molecule is CN(C)CCCSCC(C)(C)N. The molecule has 0 atom stereocenters. The van der Waals surface area contributed by atoms with Crippen LogP contribution >= 0.6 is 11.8 Å². The van der Waals surface area contributed by atoms with Gasteiger partial charge in [-0.25, -0.2) is 0 Å². The van der Waals surface area contributed by atoms with E-state index in [1.54, 1.807) is 0 Å². The van der Waals surface area contributed by atoms with Crippen molar-refractivity contribution in [3.05, 3.63) is 0 Å². The normalized spacial score (nSPS) is 12.5. The van der Waals surface area contributed by atoms with Crippen molar-refractivity contribution in [3.8, 4) is 0 Å². The summed E-state index contributed by atoms with van der Waals surface area (Å²) < 4.78 is 0. The van der Waals surface area contributed by atoms with Gasteiger partial charge in [-0.2, -0.15) is 11.8 Å². The smallest absolute Gasteiger partial charge is 0.0188 e. The Kier molecular flexibility index (Phi) is 5.97. The van der Waals surface area contributed by atoms with Gasteiger partial charge in [0.25, 0.3) is 0 Å². The molecule has 0 rings (SSSR count). The van der Waals surface area contributed by atoms with Crippen LogP contribution in [0.5, 0.6) is 0 Å². The Labute approximate surface area is 80.9 Å². The Morgan fingerprint density at radius 1 is 1.33 bits per heavy atom. The highest BCUT2D eigenvalue weighted by Crippen LogP contribution is 2.10. The van der Waals surface area contributed by atoms with Gasteiger partial charge >= 0.3 is 0 Å². The van der Waals surface area contributed by atoms with Crippen molar-refractivity contribution >= 4 is 11.8 Å². The summed E-state index contributed by atoms with van der Waals surface area (Å²) in [7, 11) is 4.22. The van der Waals surface area contributed by atoms with Crippen molar-refractivity contribution in [1.82, 2.24) is 4.90 Å². The van der Waals surface area contributed by atoms with E-state index in [4.69, 9.17) is 5.73 Å². The molecule has 2 nitrogen and oxygen atoms in total. The predicted octanol–water partition coefficient (Wildman–Crippen LogP) is 1.41. The van der Waals surface area contributed by atoms with E-state index in [1.807, 2.05) is 11.8 Å². The maximum atomic E-state index is 5.85. The first kappa shape index (κ1) is 12.3. The molecule has 0 aliphatic heterocycles. The molecule has 0 aromatic carbocycles. The zero-order valence-corrected chi connectivity index (χ0v) is 9.58. The monoisotopic (exact) mass is 190 g/mol. The van der Waals surface area contributed by atoms with Crippen molar-refractivity contribution in [2.45, 2.75) is 25.8 Å². The Morgan fingerprint density at radius 3 is 2.33 bits per heavy atom. The summed E-state index contributed by atoms with van der Waals surface area (Å²) in [5.41, 5.74) is 5.84. The minimum atomic E-state index is -0.0111. The van der Waals surface area contributed by atoms with Crippen LogP contribution in [0, 0.1) is 0 Å². The molecule has 0 amide bonds. The van der Waals surface area contributed by atoms with Crippen LogP contribution in [0.4, 0.5) is 0 Å². The zero-order chi connectivity index (χ0) is 9.61. The second-order valence-electron chi connectivity index (χ2n) is 4.20. The van der Waals surface area contributed by atoms with Gasteiger partial charge in [-0.1, -0.05) is 0 Å². The summed E-state index contributed by atoms with van der Waals surface area (Å²) in [6.07, 6.45) is 1.26. The van der Waals surface area contributed by atoms with Gasteiger partial charge in [0, 0.05) is 11.3 Å². The minimum absolute atomic E-state index is 0.0111. The lowest BCUT2D eigenvalue weighted by molar-refractivity contribution is 0.410. The van der Waals surface area contributed by atoms with Crippen LogP contribution in [0.3, 0.4) is 0 Å². The molecule has 0 heterocycles. The average molecular weight is 190 g/mol. The van der Waals surface area contributed by atoms with Crippen molar-refractivity contribution in [2.24, 2.45) is 5.73 Å². The Bertz CT molecular complexity index is 108. The second-order valence-corrected chi connectivity index (χ2v) is 5.30. The first-order valence-electron chi connectivity index (χ1n) is 4.43. The molecule has 0 radical (unpaired) electrons. The molecule has 74 valence electrons. The summed E-state index contributed by atoms with van der Waals surface area (Å²) in [6.45, 7) is 5.33. The summed E-state index contributed by atoms with van der Waals surface area (Å²) >= 11 is 1.95. The zero-order valence-electron chi connectivity index (χ0n) is 8.76. The van der Waals surface area contributed by atoms with Crippen LogP contribution in [0.25, 0.3) is 0 Å². The lowest BCUT2D eigenvalue weighted by Gasteiger charge is -2.17. The molecule has 0 fully saturated rings. The van der Waals surface area contributed by atoms with E-state index in [-0.39, 0.29) is 5.54 Å². The summed E-state index contributed by atoms with van der Waals surface area (Å²) in [6, 6.07) is 0. The Morgan fingerprint density at radius 2 is 1.92 bits per heavy atom. The van der Waals surface area contributed by atoms with Gasteiger partial charge < -0.3 is 10.6 Å². The van der Waals surface area contributed by atoms with E-state index in [1.165, 1.54) is 18.7 Å². The highest BCUT2D eigenvalue weighted by atomic mass is 32.2. The van der Waals surface area contributed by atoms with Gasteiger partial charge in [-0.05, 0) is 46.7 Å². The van der Waals surface area contributed by atoms with Gasteiger partial charge in [0.15, 0.2) is 0 Å². The first-order valence-corrected chi connectivity index (χ1v) is 5.58. The summed E-state index contributed by atoms with van der Waals surface area (Å²) in [5.74, 6) is 2.28. The molecule has 3 heteroatoms. The molecule has 0 bridgehead atoms. The van der Waals surface area contributed by atoms with Gasteiger partial charge in [0.05, 0.1) is 0 Å². The molecule has 0 aliphatic carbocycles. The molecule has 0 unspecified atom stereocenters. The van der Waals surface area contributed by atoms with Crippen LogP contribution in [0.2, 0.25) is 0 Å². The fourth-order valence-electron chi connectivity index (χ4n) is 0.818. The molecular formula is C9H22N2S. The number of nitrogens with two attached hydrogens (primary N) is 1. The van der Waals surface area contributed by atoms with E-state index in [2.05, 4.69) is 32.8 Å². The van der Waals surface area contributed by atoms with Crippen molar-refractivity contribution in [3.63, 3.8) is 0 Å². The first-order chi connectivity index (χ1) is 5.42. The third-order valence-corrected chi connectivity index (χ3v) is 2.89. The number of nitrogens with zero attached hydrogens (tertiary/aromatic N) is 1. The molecule has 0 spiro atoms. The Hall–Kier alpha value is 0.270. The van der Waals surface area contributed by atoms with Crippen LogP contribution in [-0.4, -0.2) is 42.6 Å². The predicted molar refractivity (Wildman–Crippen MR) is 58.8 cm³/mol. The van der Waals surface area contributed by atoms with Gasteiger partial charge in [0.2, 0.25) is 0 Å². The van der Waals surface area contributed by atoms with E-state index in [0.717, 1.165) is 5.75 Å². The van der Waals surface area contributed by atoms with Gasteiger partial charge in [-0.15, -0.1) is 0 Å². The lowest BCUT2D eigenvalue weighted by atomic mass is 10.1. The number of thioether (sulfide) groups is 1. The molecule has 0 aromatic rings. The van der Waals surface area contributed by atoms with E-state index in [9.17, 15) is 0 Å².